The molecule has 2 saturated heterocycles. The van der Waals surface area contributed by atoms with E-state index >= 15 is 0 Å². The minimum absolute atomic E-state index is 0.268. The van der Waals surface area contributed by atoms with Crippen LogP contribution in [0.5, 0.6) is 0 Å². The van der Waals surface area contributed by atoms with Crippen molar-refractivity contribution in [1.29, 1.82) is 0 Å². The second kappa shape index (κ2) is 7.28. The maximum Gasteiger partial charge on any atom is 0.243 e. The maximum atomic E-state index is 13.3. The Labute approximate surface area is 165 Å². The van der Waals surface area contributed by atoms with Gasteiger partial charge in [-0.05, 0) is 70.3 Å². The van der Waals surface area contributed by atoms with Crippen molar-refractivity contribution in [1.82, 2.24) is 19.6 Å². The third-order valence-corrected chi connectivity index (χ3v) is 6.25. The van der Waals surface area contributed by atoms with Gasteiger partial charge >= 0.3 is 0 Å². The summed E-state index contributed by atoms with van der Waals surface area (Å²) in [7, 11) is 0. The Bertz CT molecular complexity index is 816. The van der Waals surface area contributed by atoms with Gasteiger partial charge in [0.25, 0.3) is 0 Å². The fourth-order valence-electron chi connectivity index (χ4n) is 4.60. The zero-order valence-corrected chi connectivity index (χ0v) is 16.8. The first-order valence-corrected chi connectivity index (χ1v) is 10.2. The fraction of sp³-hybridized carbons (Fsp3) is 0.524. The van der Waals surface area contributed by atoms with E-state index in [1.807, 2.05) is 35.1 Å². The van der Waals surface area contributed by atoms with E-state index in [1.54, 1.807) is 0 Å². The summed E-state index contributed by atoms with van der Waals surface area (Å²) in [4.78, 5) is 17.8. The van der Waals surface area contributed by atoms with Crippen LogP contribution in [0.15, 0.2) is 36.7 Å². The highest BCUT2D eigenvalue weighted by atomic mass is 35.5. The Balaban J connectivity index is 1.54. The van der Waals surface area contributed by atoms with E-state index in [4.69, 9.17) is 11.6 Å². The van der Waals surface area contributed by atoms with Gasteiger partial charge in [0.05, 0.1) is 11.9 Å². The number of aromatic nitrogens is 2. The fourth-order valence-corrected chi connectivity index (χ4v) is 4.72. The molecular formula is C21H27ClN4O. The van der Waals surface area contributed by atoms with Gasteiger partial charge in [0, 0.05) is 35.9 Å². The number of benzene rings is 1. The van der Waals surface area contributed by atoms with Gasteiger partial charge in [0.15, 0.2) is 0 Å². The second-order valence-corrected chi connectivity index (χ2v) is 8.46. The monoisotopic (exact) mass is 386 g/mol. The Morgan fingerprint density at radius 1 is 1.15 bits per heavy atom. The molecule has 4 rings (SSSR count). The van der Waals surface area contributed by atoms with Crippen molar-refractivity contribution in [2.75, 3.05) is 13.1 Å². The van der Waals surface area contributed by atoms with Crippen molar-refractivity contribution < 1.29 is 4.79 Å². The molecule has 1 spiro atoms. The lowest BCUT2D eigenvalue weighted by molar-refractivity contribution is -0.149. The first kappa shape index (κ1) is 18.5. The van der Waals surface area contributed by atoms with Crippen molar-refractivity contribution in [3.05, 3.63) is 47.2 Å². The van der Waals surface area contributed by atoms with Crippen LogP contribution in [0.25, 0.3) is 5.69 Å². The topological polar surface area (TPSA) is 41.4 Å². The van der Waals surface area contributed by atoms with Crippen LogP contribution < -0.4 is 0 Å². The second-order valence-electron chi connectivity index (χ2n) is 8.02. The van der Waals surface area contributed by atoms with E-state index in [9.17, 15) is 4.79 Å². The van der Waals surface area contributed by atoms with E-state index in [2.05, 4.69) is 34.9 Å². The van der Waals surface area contributed by atoms with Crippen LogP contribution in [0.4, 0.5) is 0 Å². The molecule has 2 fully saturated rings. The number of hydrogen-bond donors (Lipinski definition) is 0. The third-order valence-electron chi connectivity index (χ3n) is 6.00. The predicted molar refractivity (Wildman–Crippen MR) is 107 cm³/mol. The van der Waals surface area contributed by atoms with Crippen LogP contribution in [0.2, 0.25) is 5.02 Å². The van der Waals surface area contributed by atoms with Gasteiger partial charge in [0.2, 0.25) is 5.91 Å². The number of piperidine rings is 1. The number of rotatable bonds is 4. The number of halogens is 1. The summed E-state index contributed by atoms with van der Waals surface area (Å²) in [6, 6.07) is 7.93. The van der Waals surface area contributed by atoms with Crippen molar-refractivity contribution >= 4 is 17.5 Å². The zero-order chi connectivity index (χ0) is 19.0. The summed E-state index contributed by atoms with van der Waals surface area (Å²) in [6.07, 6.45) is 8.09. The van der Waals surface area contributed by atoms with Crippen LogP contribution >= 0.6 is 11.6 Å². The number of carbonyl (C=O) groups excluding carboxylic acids is 1. The highest BCUT2D eigenvalue weighted by molar-refractivity contribution is 6.30. The van der Waals surface area contributed by atoms with E-state index in [1.165, 1.54) is 0 Å². The van der Waals surface area contributed by atoms with Gasteiger partial charge in [-0.25, -0.2) is 4.68 Å². The van der Waals surface area contributed by atoms with Crippen molar-refractivity contribution in [3.8, 4) is 5.69 Å². The molecule has 0 bridgehead atoms. The smallest absolute Gasteiger partial charge is 0.243 e. The normalized spacial score (nSPS) is 23.7. The highest BCUT2D eigenvalue weighted by Crippen LogP contribution is 2.39. The molecule has 2 aromatic rings. The zero-order valence-electron chi connectivity index (χ0n) is 16.1. The summed E-state index contributed by atoms with van der Waals surface area (Å²) in [5.41, 5.74) is 1.81. The largest absolute Gasteiger partial charge is 0.339 e. The highest BCUT2D eigenvalue weighted by Gasteiger charge is 2.51. The quantitative estimate of drug-likeness (QED) is 0.800. The molecular weight excluding hydrogens is 360 g/mol. The summed E-state index contributed by atoms with van der Waals surface area (Å²) in [5.74, 6) is 0.325. The van der Waals surface area contributed by atoms with Gasteiger partial charge < -0.3 is 4.90 Å². The minimum atomic E-state index is -0.315. The van der Waals surface area contributed by atoms with E-state index in [0.29, 0.717) is 5.91 Å². The van der Waals surface area contributed by atoms with Crippen LogP contribution in [0.3, 0.4) is 0 Å². The predicted octanol–water partition coefficient (Wildman–Crippen LogP) is 3.89. The third kappa shape index (κ3) is 3.39. The number of hydrogen-bond acceptors (Lipinski definition) is 3. The van der Waals surface area contributed by atoms with E-state index in [0.717, 1.165) is 61.6 Å². The van der Waals surface area contributed by atoms with Gasteiger partial charge in [-0.2, -0.15) is 5.10 Å². The molecule has 1 aromatic carbocycles. The molecule has 0 aliphatic carbocycles. The molecule has 2 aliphatic heterocycles. The van der Waals surface area contributed by atoms with Crippen molar-refractivity contribution in [3.63, 3.8) is 0 Å². The average Bonchev–Trinajstić information content (AvgIpc) is 3.27. The van der Waals surface area contributed by atoms with Crippen molar-refractivity contribution in [2.24, 2.45) is 0 Å². The van der Waals surface area contributed by atoms with Crippen LogP contribution in [0, 0.1) is 0 Å². The Morgan fingerprint density at radius 3 is 2.56 bits per heavy atom. The van der Waals surface area contributed by atoms with E-state index < -0.39 is 0 Å². The average molecular weight is 387 g/mol. The molecule has 144 valence electrons. The molecule has 0 saturated carbocycles. The number of amides is 1. The van der Waals surface area contributed by atoms with Crippen LogP contribution in [-0.4, -0.2) is 50.2 Å². The van der Waals surface area contributed by atoms with E-state index in [-0.39, 0.29) is 11.6 Å². The standard InChI is InChI=1S/C21H27ClN4O/c1-16(2)25-12-4-10-21(20(25)27)9-3-11-24(21)14-17-13-23-26(15-17)19-7-5-18(22)6-8-19/h5-8,13,15-16H,3-4,9-12,14H2,1-2H3. The molecule has 5 nitrogen and oxygen atoms in total. The summed E-state index contributed by atoms with van der Waals surface area (Å²) in [6.45, 7) is 6.87. The van der Waals surface area contributed by atoms with Crippen LogP contribution in [0.1, 0.15) is 45.1 Å². The lowest BCUT2D eigenvalue weighted by atomic mass is 9.84. The van der Waals surface area contributed by atoms with Gasteiger partial charge in [-0.15, -0.1) is 0 Å². The summed E-state index contributed by atoms with van der Waals surface area (Å²) < 4.78 is 1.87. The lowest BCUT2D eigenvalue weighted by Gasteiger charge is -2.46. The molecule has 6 heteroatoms. The lowest BCUT2D eigenvalue weighted by Crippen LogP contribution is -2.61. The number of carbonyl (C=O) groups is 1. The van der Waals surface area contributed by atoms with Gasteiger partial charge in [-0.1, -0.05) is 11.6 Å². The molecule has 3 heterocycles. The van der Waals surface area contributed by atoms with Crippen molar-refractivity contribution in [2.45, 2.75) is 57.7 Å². The maximum absolute atomic E-state index is 13.3. The first-order chi connectivity index (χ1) is 13.0. The molecule has 1 aromatic heterocycles. The SMILES string of the molecule is CC(C)N1CCCC2(CCCN2Cc2cnn(-c3ccc(Cl)cc3)c2)C1=O. The Hall–Kier alpha value is -1.85. The number of likely N-dealkylation sites (tertiary alicyclic amines) is 2. The Morgan fingerprint density at radius 2 is 1.85 bits per heavy atom. The summed E-state index contributed by atoms with van der Waals surface area (Å²) in [5, 5.41) is 5.22. The Kier molecular flexibility index (Phi) is 4.99. The number of nitrogens with zero attached hydrogens (tertiary/aromatic N) is 4. The first-order valence-electron chi connectivity index (χ1n) is 9.85. The van der Waals surface area contributed by atoms with Crippen LogP contribution in [-0.2, 0) is 11.3 Å². The van der Waals surface area contributed by atoms with Gasteiger partial charge in [-0.3, -0.25) is 9.69 Å². The summed E-state index contributed by atoms with van der Waals surface area (Å²) >= 11 is 5.98. The molecule has 1 atom stereocenters. The molecule has 0 radical (unpaired) electrons. The minimum Gasteiger partial charge on any atom is -0.339 e. The molecule has 0 N–H and O–H groups in total. The molecule has 1 unspecified atom stereocenters. The molecule has 27 heavy (non-hydrogen) atoms. The molecule has 2 aliphatic rings. The molecule has 1 amide bonds. The van der Waals surface area contributed by atoms with Gasteiger partial charge in [0.1, 0.15) is 5.54 Å².